The first-order valence-corrected chi connectivity index (χ1v) is 8.16. The van der Waals surface area contributed by atoms with Gasteiger partial charge in [-0.25, -0.2) is 4.79 Å². The fraction of sp³-hybridized carbons (Fsp3) is 0.444. The predicted molar refractivity (Wildman–Crippen MR) is 89.0 cm³/mol. The van der Waals surface area contributed by atoms with Crippen LogP contribution in [0.5, 0.6) is 0 Å². The first-order valence-electron chi connectivity index (χ1n) is 8.16. The minimum atomic E-state index is -0.0570. The van der Waals surface area contributed by atoms with Crippen LogP contribution in [-0.2, 0) is 4.79 Å². The summed E-state index contributed by atoms with van der Waals surface area (Å²) >= 11 is 0. The van der Waals surface area contributed by atoms with Crippen LogP contribution in [0.25, 0.3) is 0 Å². The van der Waals surface area contributed by atoms with Gasteiger partial charge in [-0.05, 0) is 37.1 Å². The summed E-state index contributed by atoms with van der Waals surface area (Å²) in [5.74, 6) is 6.33. The second-order valence-corrected chi connectivity index (χ2v) is 5.93. The molecule has 1 saturated carbocycles. The third-order valence-electron chi connectivity index (χ3n) is 4.35. The van der Waals surface area contributed by atoms with E-state index in [1.165, 1.54) is 0 Å². The highest BCUT2D eigenvalue weighted by molar-refractivity contribution is 5.94. The smallest absolute Gasteiger partial charge is 0.321 e. The molecule has 0 spiro atoms. The quantitative estimate of drug-likeness (QED) is 0.837. The highest BCUT2D eigenvalue weighted by Gasteiger charge is 2.22. The molecule has 23 heavy (non-hydrogen) atoms. The molecule has 0 aromatic heterocycles. The van der Waals surface area contributed by atoms with Crippen molar-refractivity contribution in [2.45, 2.75) is 25.7 Å². The average molecular weight is 311 g/mol. The molecule has 1 aromatic rings. The second-order valence-electron chi connectivity index (χ2n) is 5.93. The van der Waals surface area contributed by atoms with Gasteiger partial charge < -0.3 is 10.6 Å². The lowest BCUT2D eigenvalue weighted by molar-refractivity contribution is -0.124. The van der Waals surface area contributed by atoms with E-state index < -0.39 is 0 Å². The van der Waals surface area contributed by atoms with Gasteiger partial charge in [-0.3, -0.25) is 9.69 Å². The summed E-state index contributed by atoms with van der Waals surface area (Å²) < 4.78 is 0. The lowest BCUT2D eigenvalue weighted by atomic mass is 10.1. The van der Waals surface area contributed by atoms with Gasteiger partial charge in [-0.15, -0.1) is 0 Å². The summed E-state index contributed by atoms with van der Waals surface area (Å²) in [4.78, 5) is 25.2. The Kier molecular flexibility index (Phi) is 4.82. The third-order valence-corrected chi connectivity index (χ3v) is 4.35. The van der Waals surface area contributed by atoms with Crippen LogP contribution in [0.2, 0.25) is 0 Å². The van der Waals surface area contributed by atoms with E-state index >= 15 is 0 Å². The number of carbonyl (C=O) groups excluding carboxylic acids is 2. The fourth-order valence-corrected chi connectivity index (χ4v) is 3.05. The largest absolute Gasteiger partial charge is 0.345 e. The van der Waals surface area contributed by atoms with E-state index in [1.54, 1.807) is 4.90 Å². The van der Waals surface area contributed by atoms with Crippen LogP contribution in [0.1, 0.15) is 31.2 Å². The molecule has 0 radical (unpaired) electrons. The molecule has 1 aliphatic carbocycles. The molecule has 0 atom stereocenters. The normalized spacial score (nSPS) is 17.6. The lowest BCUT2D eigenvalue weighted by Crippen LogP contribution is -2.29. The average Bonchev–Trinajstić information content (AvgIpc) is 3.23. The molecule has 0 bridgehead atoms. The minimum Gasteiger partial charge on any atom is -0.345 e. The van der Waals surface area contributed by atoms with Crippen LogP contribution in [0, 0.1) is 17.8 Å². The van der Waals surface area contributed by atoms with Crippen LogP contribution in [-0.4, -0.2) is 31.6 Å². The van der Waals surface area contributed by atoms with Gasteiger partial charge in [0, 0.05) is 30.3 Å². The number of rotatable bonds is 3. The van der Waals surface area contributed by atoms with Gasteiger partial charge in [0.15, 0.2) is 0 Å². The molecule has 120 valence electrons. The van der Waals surface area contributed by atoms with Crippen LogP contribution >= 0.6 is 0 Å². The first-order chi connectivity index (χ1) is 11.2. The Hall–Kier alpha value is -2.48. The zero-order valence-electron chi connectivity index (χ0n) is 13.1. The number of carbonyl (C=O) groups is 2. The maximum absolute atomic E-state index is 11.9. The Balaban J connectivity index is 1.50. The Labute approximate surface area is 136 Å². The lowest BCUT2D eigenvalue weighted by Gasteiger charge is -2.13. The number of anilines is 1. The second kappa shape index (κ2) is 7.19. The maximum atomic E-state index is 11.9. The summed E-state index contributed by atoms with van der Waals surface area (Å²) in [5.41, 5.74) is 1.75. The van der Waals surface area contributed by atoms with E-state index in [2.05, 4.69) is 22.5 Å². The molecule has 1 heterocycles. The van der Waals surface area contributed by atoms with Gasteiger partial charge in [-0.1, -0.05) is 24.7 Å². The van der Waals surface area contributed by atoms with Gasteiger partial charge in [0.1, 0.15) is 0 Å². The Morgan fingerprint density at radius 2 is 2.00 bits per heavy atom. The Morgan fingerprint density at radius 3 is 2.65 bits per heavy atom. The van der Waals surface area contributed by atoms with Crippen molar-refractivity contribution in [3.63, 3.8) is 0 Å². The summed E-state index contributed by atoms with van der Waals surface area (Å²) in [6, 6.07) is 7.52. The van der Waals surface area contributed by atoms with Crippen molar-refractivity contribution in [1.82, 2.24) is 10.6 Å². The minimum absolute atomic E-state index is 0.0570. The predicted octanol–water partition coefficient (Wildman–Crippen LogP) is 1.87. The van der Waals surface area contributed by atoms with Crippen LogP contribution in [0.15, 0.2) is 24.3 Å². The van der Waals surface area contributed by atoms with E-state index in [9.17, 15) is 9.59 Å². The zero-order chi connectivity index (χ0) is 16.1. The molecule has 0 unspecified atom stereocenters. The zero-order valence-corrected chi connectivity index (χ0v) is 13.1. The molecule has 1 aromatic carbocycles. The molecule has 3 rings (SSSR count). The summed E-state index contributed by atoms with van der Waals surface area (Å²) in [7, 11) is 0. The van der Waals surface area contributed by atoms with Crippen molar-refractivity contribution in [3.8, 4) is 11.8 Å². The molecular weight excluding hydrogens is 290 g/mol. The highest BCUT2D eigenvalue weighted by Crippen LogP contribution is 2.24. The van der Waals surface area contributed by atoms with E-state index in [0.717, 1.165) is 36.9 Å². The number of hydrogen-bond donors (Lipinski definition) is 2. The highest BCUT2D eigenvalue weighted by atomic mass is 16.2. The van der Waals surface area contributed by atoms with E-state index in [0.29, 0.717) is 19.6 Å². The number of amides is 3. The molecule has 2 aliphatic rings. The van der Waals surface area contributed by atoms with Crippen molar-refractivity contribution in [2.24, 2.45) is 5.92 Å². The van der Waals surface area contributed by atoms with E-state index in [1.807, 2.05) is 24.3 Å². The maximum Gasteiger partial charge on any atom is 0.321 e. The SMILES string of the molecule is O=C(NCC#Cc1ccc(N2CCNC2=O)cc1)C1CCCC1. The topological polar surface area (TPSA) is 61.4 Å². The number of nitrogens with zero attached hydrogens (tertiary/aromatic N) is 1. The standard InChI is InChI=1S/C18H21N3O2/c22-17(15-5-1-2-6-15)19-11-3-4-14-7-9-16(10-8-14)21-13-12-20-18(21)23/h7-10,15H,1-2,5-6,11-13H2,(H,19,22)(H,20,23). The first kappa shape index (κ1) is 15.4. The number of urea groups is 1. The Morgan fingerprint density at radius 1 is 1.26 bits per heavy atom. The van der Waals surface area contributed by atoms with Crippen LogP contribution < -0.4 is 15.5 Å². The van der Waals surface area contributed by atoms with Gasteiger partial charge in [0.05, 0.1) is 6.54 Å². The molecule has 1 saturated heterocycles. The van der Waals surface area contributed by atoms with Crippen molar-refractivity contribution in [2.75, 3.05) is 24.5 Å². The summed E-state index contributed by atoms with van der Waals surface area (Å²) in [6.07, 6.45) is 4.33. The molecule has 5 nitrogen and oxygen atoms in total. The third kappa shape index (κ3) is 3.84. The molecule has 3 amide bonds. The van der Waals surface area contributed by atoms with Crippen molar-refractivity contribution >= 4 is 17.6 Å². The van der Waals surface area contributed by atoms with Crippen LogP contribution in [0.4, 0.5) is 10.5 Å². The summed E-state index contributed by atoms with van der Waals surface area (Å²) in [5, 5.41) is 5.66. The summed E-state index contributed by atoms with van der Waals surface area (Å²) in [6.45, 7) is 1.75. The monoisotopic (exact) mass is 311 g/mol. The number of benzene rings is 1. The van der Waals surface area contributed by atoms with E-state index in [-0.39, 0.29) is 17.9 Å². The Bertz CT molecular complexity index is 636. The fourth-order valence-electron chi connectivity index (χ4n) is 3.05. The van der Waals surface area contributed by atoms with Crippen molar-refractivity contribution in [1.29, 1.82) is 0 Å². The van der Waals surface area contributed by atoms with Gasteiger partial charge in [0.25, 0.3) is 0 Å². The van der Waals surface area contributed by atoms with Crippen molar-refractivity contribution < 1.29 is 9.59 Å². The van der Waals surface area contributed by atoms with Gasteiger partial charge >= 0.3 is 6.03 Å². The van der Waals surface area contributed by atoms with E-state index in [4.69, 9.17) is 0 Å². The molecule has 2 N–H and O–H groups in total. The number of hydrogen-bond acceptors (Lipinski definition) is 2. The van der Waals surface area contributed by atoms with Crippen molar-refractivity contribution in [3.05, 3.63) is 29.8 Å². The van der Waals surface area contributed by atoms with Gasteiger partial charge in [0.2, 0.25) is 5.91 Å². The van der Waals surface area contributed by atoms with Crippen LogP contribution in [0.3, 0.4) is 0 Å². The molecule has 5 heteroatoms. The molecule has 2 fully saturated rings. The molecular formula is C18H21N3O2. The van der Waals surface area contributed by atoms with Gasteiger partial charge in [-0.2, -0.15) is 0 Å². The number of nitrogens with one attached hydrogen (secondary N) is 2. The molecule has 1 aliphatic heterocycles.